The van der Waals surface area contributed by atoms with Gasteiger partial charge in [-0.2, -0.15) is 0 Å². The highest BCUT2D eigenvalue weighted by atomic mass is 35.5. The van der Waals surface area contributed by atoms with E-state index in [1.807, 2.05) is 26.8 Å². The number of hydrogen-bond acceptors (Lipinski definition) is 5. The van der Waals surface area contributed by atoms with Crippen LogP contribution >= 0.6 is 22.9 Å². The zero-order valence-electron chi connectivity index (χ0n) is 15.5. The Balaban J connectivity index is 1.60. The van der Waals surface area contributed by atoms with Gasteiger partial charge in [0.1, 0.15) is 5.60 Å². The van der Waals surface area contributed by atoms with E-state index in [9.17, 15) is 4.79 Å². The third kappa shape index (κ3) is 7.13. The average molecular weight is 389 g/mol. The minimum Gasteiger partial charge on any atom is -0.444 e. The fourth-order valence-corrected chi connectivity index (χ4v) is 3.69. The summed E-state index contributed by atoms with van der Waals surface area (Å²) in [5.41, 5.74) is 0.764. The predicted molar refractivity (Wildman–Crippen MR) is 103 cm³/mol. The number of halogens is 1. The van der Waals surface area contributed by atoms with Crippen molar-refractivity contribution >= 4 is 29.0 Å². The summed E-state index contributed by atoms with van der Waals surface area (Å²) in [6.45, 7) is 10.6. The number of piperidine rings is 1. The molecule has 1 saturated heterocycles. The molecule has 0 radical (unpaired) electrons. The van der Waals surface area contributed by atoms with Gasteiger partial charge in [0, 0.05) is 25.7 Å². The van der Waals surface area contributed by atoms with Crippen molar-refractivity contribution in [2.24, 2.45) is 0 Å². The van der Waals surface area contributed by atoms with Crippen molar-refractivity contribution in [1.29, 1.82) is 0 Å². The second-order valence-corrected chi connectivity index (χ2v) is 8.94. The molecule has 5 nitrogen and oxygen atoms in total. The van der Waals surface area contributed by atoms with E-state index in [1.54, 1.807) is 16.2 Å². The van der Waals surface area contributed by atoms with Gasteiger partial charge in [-0.15, -0.1) is 11.3 Å². The number of thiophene rings is 1. The summed E-state index contributed by atoms with van der Waals surface area (Å²) >= 11 is 7.52. The predicted octanol–water partition coefficient (Wildman–Crippen LogP) is 4.47. The number of nitrogens with one attached hydrogen (secondary N) is 1. The normalized spacial score (nSPS) is 17.6. The number of likely N-dealkylation sites (tertiary alicyclic amines) is 1. The van der Waals surface area contributed by atoms with E-state index < -0.39 is 5.60 Å². The minimum atomic E-state index is -0.445. The first kappa shape index (κ1) is 20.5. The molecule has 1 aliphatic rings. The summed E-state index contributed by atoms with van der Waals surface area (Å²) in [4.78, 5) is 13.8. The van der Waals surface area contributed by atoms with Crippen LogP contribution in [0.4, 0.5) is 4.79 Å². The van der Waals surface area contributed by atoms with Crippen LogP contribution in [0.15, 0.2) is 11.4 Å². The molecule has 1 amide bonds. The number of carbonyl (C=O) groups excluding carboxylic acids is 1. The highest BCUT2D eigenvalue weighted by Gasteiger charge is 2.27. The molecule has 1 atom stereocenters. The van der Waals surface area contributed by atoms with Gasteiger partial charge < -0.3 is 19.7 Å². The summed E-state index contributed by atoms with van der Waals surface area (Å²) in [5.74, 6) is 0. The number of ether oxygens (including phenoxy) is 2. The third-order valence-corrected chi connectivity index (χ3v) is 5.20. The lowest BCUT2D eigenvalue weighted by Crippen LogP contribution is -2.43. The van der Waals surface area contributed by atoms with Crippen molar-refractivity contribution in [2.45, 2.75) is 58.3 Å². The molecule has 1 aromatic heterocycles. The molecule has 142 valence electrons. The number of rotatable bonds is 6. The van der Waals surface area contributed by atoms with Crippen molar-refractivity contribution in [3.8, 4) is 0 Å². The molecular weight excluding hydrogens is 360 g/mol. The van der Waals surface area contributed by atoms with Crippen LogP contribution < -0.4 is 5.32 Å². The van der Waals surface area contributed by atoms with Gasteiger partial charge in [-0.05, 0) is 57.5 Å². The van der Waals surface area contributed by atoms with E-state index in [4.69, 9.17) is 21.1 Å². The van der Waals surface area contributed by atoms with E-state index >= 15 is 0 Å². The summed E-state index contributed by atoms with van der Waals surface area (Å²) in [7, 11) is 0. The monoisotopic (exact) mass is 388 g/mol. The first-order valence-electron chi connectivity index (χ1n) is 8.81. The number of nitrogens with zero attached hydrogens (tertiary/aromatic N) is 1. The Hall–Kier alpha value is -0.820. The second-order valence-electron chi connectivity index (χ2n) is 7.40. The number of hydrogen-bond donors (Lipinski definition) is 1. The van der Waals surface area contributed by atoms with Gasteiger partial charge in [0.15, 0.2) is 0 Å². The van der Waals surface area contributed by atoms with Gasteiger partial charge in [-0.25, -0.2) is 4.79 Å². The SMILES string of the molecule is CC(NCCOC1CCN(C(=O)OC(C)(C)C)CC1)c1csc(Cl)c1. The Bertz CT molecular complexity index is 551. The number of carbonyl (C=O) groups is 1. The Morgan fingerprint density at radius 1 is 1.44 bits per heavy atom. The van der Waals surface area contributed by atoms with E-state index in [0.29, 0.717) is 19.7 Å². The van der Waals surface area contributed by atoms with Crippen LogP contribution in [-0.4, -0.2) is 48.9 Å². The lowest BCUT2D eigenvalue weighted by atomic mass is 10.1. The summed E-state index contributed by atoms with van der Waals surface area (Å²) in [6, 6.07) is 2.26. The molecule has 25 heavy (non-hydrogen) atoms. The van der Waals surface area contributed by atoms with Gasteiger partial charge >= 0.3 is 6.09 Å². The first-order valence-corrected chi connectivity index (χ1v) is 10.1. The van der Waals surface area contributed by atoms with Gasteiger partial charge in [-0.1, -0.05) is 11.6 Å². The lowest BCUT2D eigenvalue weighted by Gasteiger charge is -2.33. The Kier molecular flexibility index (Phi) is 7.55. The van der Waals surface area contributed by atoms with Gasteiger partial charge in [-0.3, -0.25) is 0 Å². The van der Waals surface area contributed by atoms with Gasteiger partial charge in [0.05, 0.1) is 17.0 Å². The Morgan fingerprint density at radius 2 is 2.12 bits per heavy atom. The topological polar surface area (TPSA) is 50.8 Å². The molecule has 1 N–H and O–H groups in total. The molecule has 1 fully saturated rings. The van der Waals surface area contributed by atoms with Gasteiger partial charge in [0.25, 0.3) is 0 Å². The maximum Gasteiger partial charge on any atom is 0.410 e. The average Bonchev–Trinajstić information content (AvgIpc) is 2.97. The quantitative estimate of drug-likeness (QED) is 0.730. The van der Waals surface area contributed by atoms with Crippen LogP contribution in [0.3, 0.4) is 0 Å². The van der Waals surface area contributed by atoms with E-state index in [1.165, 1.54) is 5.56 Å². The van der Waals surface area contributed by atoms with Crippen molar-refractivity contribution in [3.63, 3.8) is 0 Å². The van der Waals surface area contributed by atoms with E-state index in [-0.39, 0.29) is 18.2 Å². The molecule has 7 heteroatoms. The van der Waals surface area contributed by atoms with Crippen LogP contribution in [0.1, 0.15) is 52.1 Å². The van der Waals surface area contributed by atoms with Crippen molar-refractivity contribution < 1.29 is 14.3 Å². The van der Waals surface area contributed by atoms with Crippen LogP contribution in [0.25, 0.3) is 0 Å². The molecule has 1 aromatic rings. The fraction of sp³-hybridized carbons (Fsp3) is 0.722. The molecule has 2 heterocycles. The Labute approximate surface area is 159 Å². The fourth-order valence-electron chi connectivity index (χ4n) is 2.70. The highest BCUT2D eigenvalue weighted by molar-refractivity contribution is 7.14. The maximum absolute atomic E-state index is 12.0. The zero-order valence-corrected chi connectivity index (χ0v) is 17.1. The molecule has 2 rings (SSSR count). The first-order chi connectivity index (χ1) is 11.7. The third-order valence-electron chi connectivity index (χ3n) is 4.09. The largest absolute Gasteiger partial charge is 0.444 e. The maximum atomic E-state index is 12.0. The van der Waals surface area contributed by atoms with Crippen molar-refractivity contribution in [3.05, 3.63) is 21.3 Å². The summed E-state index contributed by atoms with van der Waals surface area (Å²) in [5, 5.41) is 5.52. The standard InChI is InChI=1S/C18H29ClN2O3S/c1-13(14-11-16(19)25-12-14)20-7-10-23-15-5-8-21(9-6-15)17(22)24-18(2,3)4/h11-13,15,20H,5-10H2,1-4H3. The molecule has 0 aliphatic carbocycles. The summed E-state index contributed by atoms with van der Waals surface area (Å²) in [6.07, 6.45) is 1.70. The van der Waals surface area contributed by atoms with E-state index in [0.717, 1.165) is 23.7 Å². The Morgan fingerprint density at radius 3 is 2.68 bits per heavy atom. The van der Waals surface area contributed by atoms with E-state index in [2.05, 4.69) is 17.6 Å². The van der Waals surface area contributed by atoms with Gasteiger partial charge in [0.2, 0.25) is 0 Å². The van der Waals surface area contributed by atoms with Crippen LogP contribution in [0.2, 0.25) is 4.34 Å². The molecule has 1 unspecified atom stereocenters. The molecule has 0 aromatic carbocycles. The highest BCUT2D eigenvalue weighted by Crippen LogP contribution is 2.24. The number of amides is 1. The lowest BCUT2D eigenvalue weighted by molar-refractivity contribution is -0.0107. The summed E-state index contributed by atoms with van der Waals surface area (Å²) < 4.78 is 12.2. The smallest absolute Gasteiger partial charge is 0.410 e. The second kappa shape index (κ2) is 9.21. The molecule has 0 bridgehead atoms. The molecular formula is C18H29ClN2O3S. The van der Waals surface area contributed by atoms with Crippen molar-refractivity contribution in [2.75, 3.05) is 26.2 Å². The molecule has 0 saturated carbocycles. The zero-order chi connectivity index (χ0) is 18.4. The molecule has 1 aliphatic heterocycles. The minimum absolute atomic E-state index is 0.214. The van der Waals surface area contributed by atoms with Crippen LogP contribution in [0.5, 0.6) is 0 Å². The van der Waals surface area contributed by atoms with Crippen molar-refractivity contribution in [1.82, 2.24) is 10.2 Å². The van der Waals surface area contributed by atoms with Crippen LogP contribution in [-0.2, 0) is 9.47 Å². The molecule has 0 spiro atoms. The van der Waals surface area contributed by atoms with Crippen LogP contribution in [0, 0.1) is 0 Å².